The quantitative estimate of drug-likeness (QED) is 0.791. The number of carbonyl (C=O) groups is 1. The molecule has 23 heavy (non-hydrogen) atoms. The first-order chi connectivity index (χ1) is 10.9. The van der Waals surface area contributed by atoms with E-state index in [2.05, 4.69) is 10.3 Å². The standard InChI is InChI=1S/C18H22N2O3/c1-11-9-12(2)19-17(22)16(11)18(23)20-13(3)10-15(21)14-7-5-4-6-8-14/h4-9,13,15,21H,10H2,1-3H3,(H,19,22)(H,20,23)/t13-,15+/m0/s1. The van der Waals surface area contributed by atoms with Crippen LogP contribution in [0, 0.1) is 13.8 Å². The zero-order chi connectivity index (χ0) is 17.0. The fraction of sp³-hybridized carbons (Fsp3) is 0.333. The van der Waals surface area contributed by atoms with Gasteiger partial charge in [0.2, 0.25) is 0 Å². The van der Waals surface area contributed by atoms with Gasteiger partial charge in [-0.3, -0.25) is 9.59 Å². The van der Waals surface area contributed by atoms with Crippen molar-refractivity contribution in [3.8, 4) is 0 Å². The van der Waals surface area contributed by atoms with Gasteiger partial charge in [-0.15, -0.1) is 0 Å². The fourth-order valence-electron chi connectivity index (χ4n) is 2.64. The molecule has 0 aliphatic heterocycles. The molecule has 0 unspecified atom stereocenters. The highest BCUT2D eigenvalue weighted by Crippen LogP contribution is 2.17. The van der Waals surface area contributed by atoms with Crippen molar-refractivity contribution < 1.29 is 9.90 Å². The molecule has 1 aromatic heterocycles. The maximum atomic E-state index is 12.3. The van der Waals surface area contributed by atoms with E-state index in [1.54, 1.807) is 19.9 Å². The van der Waals surface area contributed by atoms with E-state index in [-0.39, 0.29) is 11.6 Å². The summed E-state index contributed by atoms with van der Waals surface area (Å²) in [5.41, 5.74) is 1.89. The SMILES string of the molecule is Cc1cc(C)c(C(=O)N[C@@H](C)C[C@@H](O)c2ccccc2)c(=O)[nH]1. The van der Waals surface area contributed by atoms with Crippen LogP contribution in [0.1, 0.15) is 46.6 Å². The molecule has 2 aromatic rings. The van der Waals surface area contributed by atoms with E-state index in [1.807, 2.05) is 37.3 Å². The van der Waals surface area contributed by atoms with Gasteiger partial charge in [-0.25, -0.2) is 0 Å². The molecule has 122 valence electrons. The molecule has 0 bridgehead atoms. The summed E-state index contributed by atoms with van der Waals surface area (Å²) in [5, 5.41) is 13.0. The number of pyridine rings is 1. The molecule has 2 atom stereocenters. The molecule has 0 fully saturated rings. The molecule has 3 N–H and O–H groups in total. The number of nitrogens with one attached hydrogen (secondary N) is 2. The van der Waals surface area contributed by atoms with Gasteiger partial charge in [-0.2, -0.15) is 0 Å². The molecule has 0 radical (unpaired) electrons. The number of H-pyrrole nitrogens is 1. The number of amides is 1. The van der Waals surface area contributed by atoms with Gasteiger partial charge >= 0.3 is 0 Å². The Kier molecular flexibility index (Phi) is 5.34. The van der Waals surface area contributed by atoms with E-state index in [0.29, 0.717) is 12.0 Å². The molecule has 0 spiro atoms. The number of aromatic amines is 1. The maximum Gasteiger partial charge on any atom is 0.261 e. The van der Waals surface area contributed by atoms with Gasteiger partial charge in [0.1, 0.15) is 5.56 Å². The third-order valence-corrected chi connectivity index (χ3v) is 3.73. The van der Waals surface area contributed by atoms with Crippen molar-refractivity contribution in [2.24, 2.45) is 0 Å². The fourth-order valence-corrected chi connectivity index (χ4v) is 2.64. The minimum Gasteiger partial charge on any atom is -0.388 e. The molecular weight excluding hydrogens is 292 g/mol. The van der Waals surface area contributed by atoms with Crippen molar-refractivity contribution in [2.45, 2.75) is 39.3 Å². The summed E-state index contributed by atoms with van der Waals surface area (Å²) in [6, 6.07) is 10.8. The van der Waals surface area contributed by atoms with Gasteiger partial charge in [-0.05, 0) is 44.4 Å². The number of carbonyl (C=O) groups excluding carboxylic acids is 1. The van der Waals surface area contributed by atoms with Crippen molar-refractivity contribution >= 4 is 5.91 Å². The Morgan fingerprint density at radius 3 is 2.52 bits per heavy atom. The minimum absolute atomic E-state index is 0.122. The zero-order valence-corrected chi connectivity index (χ0v) is 13.6. The normalized spacial score (nSPS) is 13.4. The van der Waals surface area contributed by atoms with Crippen molar-refractivity contribution in [1.29, 1.82) is 0 Å². The lowest BCUT2D eigenvalue weighted by atomic mass is 10.0. The van der Waals surface area contributed by atoms with E-state index >= 15 is 0 Å². The second-order valence-corrected chi connectivity index (χ2v) is 5.88. The predicted octanol–water partition coefficient (Wildman–Crippen LogP) is 2.23. The minimum atomic E-state index is -0.663. The lowest BCUT2D eigenvalue weighted by Crippen LogP contribution is -2.37. The second-order valence-electron chi connectivity index (χ2n) is 5.88. The van der Waals surface area contributed by atoms with E-state index in [9.17, 15) is 14.7 Å². The van der Waals surface area contributed by atoms with Crippen LogP contribution in [-0.4, -0.2) is 22.0 Å². The molecule has 0 aliphatic rings. The summed E-state index contributed by atoms with van der Waals surface area (Å²) < 4.78 is 0. The van der Waals surface area contributed by atoms with E-state index < -0.39 is 17.6 Å². The summed E-state index contributed by atoms with van der Waals surface area (Å²) in [6.07, 6.45) is -0.289. The summed E-state index contributed by atoms with van der Waals surface area (Å²) in [7, 11) is 0. The topological polar surface area (TPSA) is 82.2 Å². The Morgan fingerprint density at radius 2 is 1.91 bits per heavy atom. The summed E-state index contributed by atoms with van der Waals surface area (Å²) in [6.45, 7) is 5.32. The summed E-state index contributed by atoms with van der Waals surface area (Å²) >= 11 is 0. The van der Waals surface area contributed by atoms with E-state index in [1.165, 1.54) is 0 Å². The molecular formula is C18H22N2O3. The number of aliphatic hydroxyl groups excluding tert-OH is 1. The number of aryl methyl sites for hydroxylation is 2. The Balaban J connectivity index is 2.04. The predicted molar refractivity (Wildman–Crippen MR) is 89.5 cm³/mol. The van der Waals surface area contributed by atoms with Gasteiger partial charge in [-0.1, -0.05) is 30.3 Å². The largest absolute Gasteiger partial charge is 0.388 e. The summed E-state index contributed by atoms with van der Waals surface area (Å²) in [4.78, 5) is 26.9. The van der Waals surface area contributed by atoms with Crippen LogP contribution in [0.15, 0.2) is 41.2 Å². The number of rotatable bonds is 5. The number of benzene rings is 1. The molecule has 0 saturated heterocycles. The number of hydrogen-bond acceptors (Lipinski definition) is 3. The maximum absolute atomic E-state index is 12.3. The Bertz CT molecular complexity index is 738. The van der Waals surface area contributed by atoms with Gasteiger partial charge in [0.15, 0.2) is 0 Å². The molecule has 5 heteroatoms. The van der Waals surface area contributed by atoms with Crippen LogP contribution in [0.3, 0.4) is 0 Å². The van der Waals surface area contributed by atoms with Crippen molar-refractivity contribution in [3.05, 3.63) is 69.1 Å². The Hall–Kier alpha value is -2.40. The Labute approximate surface area is 135 Å². The average Bonchev–Trinajstić information content (AvgIpc) is 2.46. The molecule has 0 saturated carbocycles. The van der Waals surface area contributed by atoms with Gasteiger partial charge < -0.3 is 15.4 Å². The third kappa shape index (κ3) is 4.29. The number of aliphatic hydroxyl groups is 1. The lowest BCUT2D eigenvalue weighted by Gasteiger charge is -2.18. The zero-order valence-electron chi connectivity index (χ0n) is 13.6. The van der Waals surface area contributed by atoms with Crippen molar-refractivity contribution in [2.75, 3.05) is 0 Å². The van der Waals surface area contributed by atoms with Crippen LogP contribution in [0.4, 0.5) is 0 Å². The molecule has 1 aromatic carbocycles. The smallest absolute Gasteiger partial charge is 0.261 e. The van der Waals surface area contributed by atoms with Crippen molar-refractivity contribution in [1.82, 2.24) is 10.3 Å². The molecule has 1 heterocycles. The van der Waals surface area contributed by atoms with Crippen LogP contribution >= 0.6 is 0 Å². The molecule has 5 nitrogen and oxygen atoms in total. The first-order valence-electron chi connectivity index (χ1n) is 7.63. The van der Waals surface area contributed by atoms with Crippen LogP contribution in [0.2, 0.25) is 0 Å². The van der Waals surface area contributed by atoms with Gasteiger partial charge in [0.05, 0.1) is 6.10 Å². The monoisotopic (exact) mass is 314 g/mol. The van der Waals surface area contributed by atoms with Crippen molar-refractivity contribution in [3.63, 3.8) is 0 Å². The Morgan fingerprint density at radius 1 is 1.26 bits per heavy atom. The first-order valence-corrected chi connectivity index (χ1v) is 7.63. The average molecular weight is 314 g/mol. The third-order valence-electron chi connectivity index (χ3n) is 3.73. The number of hydrogen-bond donors (Lipinski definition) is 3. The summed E-state index contributed by atoms with van der Waals surface area (Å²) in [5.74, 6) is -0.420. The van der Waals surface area contributed by atoms with E-state index in [0.717, 1.165) is 11.3 Å². The van der Waals surface area contributed by atoms with Crippen LogP contribution in [0.5, 0.6) is 0 Å². The molecule has 2 rings (SSSR count). The number of aromatic nitrogens is 1. The molecule has 1 amide bonds. The lowest BCUT2D eigenvalue weighted by molar-refractivity contribution is 0.0915. The highest BCUT2D eigenvalue weighted by molar-refractivity contribution is 5.95. The highest BCUT2D eigenvalue weighted by Gasteiger charge is 2.18. The molecule has 0 aliphatic carbocycles. The van der Waals surface area contributed by atoms with Gasteiger partial charge in [0.25, 0.3) is 11.5 Å². The van der Waals surface area contributed by atoms with E-state index in [4.69, 9.17) is 0 Å². The van der Waals surface area contributed by atoms with Crippen LogP contribution in [0.25, 0.3) is 0 Å². The van der Waals surface area contributed by atoms with Crippen LogP contribution < -0.4 is 10.9 Å². The van der Waals surface area contributed by atoms with Crippen LogP contribution in [-0.2, 0) is 0 Å². The first kappa shape index (κ1) is 17.0. The van der Waals surface area contributed by atoms with Gasteiger partial charge in [0, 0.05) is 11.7 Å². The second kappa shape index (κ2) is 7.24. The highest BCUT2D eigenvalue weighted by atomic mass is 16.3.